The zero-order chi connectivity index (χ0) is 14.1. The molecule has 1 fully saturated rings. The van der Waals surface area contributed by atoms with Crippen LogP contribution in [0.5, 0.6) is 0 Å². The third kappa shape index (κ3) is 3.22. The fourth-order valence-corrected chi connectivity index (χ4v) is 2.43. The summed E-state index contributed by atoms with van der Waals surface area (Å²) in [4.78, 5) is 27.1. The monoisotopic (exact) mass is 256 g/mol. The minimum atomic E-state index is -0.925. The highest BCUT2D eigenvalue weighted by atomic mass is 16.4. The summed E-state index contributed by atoms with van der Waals surface area (Å²) >= 11 is 0. The van der Waals surface area contributed by atoms with E-state index in [9.17, 15) is 9.59 Å². The van der Waals surface area contributed by atoms with Crippen molar-refractivity contribution in [2.24, 2.45) is 0 Å². The van der Waals surface area contributed by atoms with Crippen LogP contribution in [-0.4, -0.2) is 58.0 Å². The zero-order valence-electron chi connectivity index (χ0n) is 11.9. The molecule has 1 aliphatic heterocycles. The molecule has 18 heavy (non-hydrogen) atoms. The van der Waals surface area contributed by atoms with E-state index >= 15 is 0 Å². The zero-order valence-corrected chi connectivity index (χ0v) is 11.9. The van der Waals surface area contributed by atoms with E-state index < -0.39 is 12.0 Å². The van der Waals surface area contributed by atoms with Gasteiger partial charge in [-0.1, -0.05) is 0 Å². The van der Waals surface area contributed by atoms with Gasteiger partial charge in [0.25, 0.3) is 0 Å². The third-order valence-corrected chi connectivity index (χ3v) is 3.69. The number of aliphatic carboxylic acids is 1. The molecule has 0 saturated carbocycles. The lowest BCUT2D eigenvalue weighted by atomic mass is 10.0. The molecular formula is C13H24N2O3. The molecule has 0 aliphatic carbocycles. The maximum atomic E-state index is 12.4. The highest BCUT2D eigenvalue weighted by molar-refractivity contribution is 5.86. The lowest BCUT2D eigenvalue weighted by Gasteiger charge is -2.39. The number of hydrogen-bond donors (Lipinski definition) is 1. The molecule has 0 aromatic carbocycles. The van der Waals surface area contributed by atoms with Crippen LogP contribution in [0.1, 0.15) is 40.5 Å². The largest absolute Gasteiger partial charge is 0.481 e. The minimum Gasteiger partial charge on any atom is -0.481 e. The average molecular weight is 256 g/mol. The molecule has 1 aliphatic rings. The van der Waals surface area contributed by atoms with Gasteiger partial charge < -0.3 is 10.0 Å². The number of likely N-dealkylation sites (N-methyl/N-ethyl adjacent to an activating group) is 1. The van der Waals surface area contributed by atoms with Gasteiger partial charge in [0, 0.05) is 25.2 Å². The van der Waals surface area contributed by atoms with Gasteiger partial charge in [0.1, 0.15) is 6.04 Å². The normalized spacial score (nSPS) is 27.2. The molecule has 1 amide bonds. The second kappa shape index (κ2) is 5.26. The van der Waals surface area contributed by atoms with Crippen LogP contribution in [-0.2, 0) is 9.59 Å². The summed E-state index contributed by atoms with van der Waals surface area (Å²) in [7, 11) is 1.76. The summed E-state index contributed by atoms with van der Waals surface area (Å²) < 4.78 is 0. The van der Waals surface area contributed by atoms with Gasteiger partial charge in [-0.3, -0.25) is 14.5 Å². The quantitative estimate of drug-likeness (QED) is 0.806. The number of carboxylic acids is 1. The van der Waals surface area contributed by atoms with E-state index in [1.807, 2.05) is 32.6 Å². The SMILES string of the molecule is CC1CCN(C(C)(C)C)C(CC(=O)O)C(=O)N1C. The van der Waals surface area contributed by atoms with Crippen LogP contribution < -0.4 is 0 Å². The van der Waals surface area contributed by atoms with E-state index in [-0.39, 0.29) is 23.9 Å². The maximum Gasteiger partial charge on any atom is 0.305 e. The van der Waals surface area contributed by atoms with Gasteiger partial charge in [-0.25, -0.2) is 0 Å². The number of nitrogens with zero attached hydrogens (tertiary/aromatic N) is 2. The highest BCUT2D eigenvalue weighted by Gasteiger charge is 2.39. The van der Waals surface area contributed by atoms with Crippen molar-refractivity contribution in [1.29, 1.82) is 0 Å². The first kappa shape index (κ1) is 15.0. The molecule has 2 atom stereocenters. The molecule has 0 aromatic rings. The van der Waals surface area contributed by atoms with Gasteiger partial charge in [-0.2, -0.15) is 0 Å². The van der Waals surface area contributed by atoms with E-state index in [1.165, 1.54) is 0 Å². The molecule has 1 rings (SSSR count). The summed E-state index contributed by atoms with van der Waals surface area (Å²) in [5.74, 6) is -1.01. The summed E-state index contributed by atoms with van der Waals surface area (Å²) in [6.07, 6.45) is 0.739. The molecule has 0 spiro atoms. The van der Waals surface area contributed by atoms with Crippen molar-refractivity contribution >= 4 is 11.9 Å². The molecule has 5 heteroatoms. The molecule has 5 nitrogen and oxygen atoms in total. The summed E-state index contributed by atoms with van der Waals surface area (Å²) in [6.45, 7) is 8.81. The first-order valence-corrected chi connectivity index (χ1v) is 6.39. The Bertz CT molecular complexity index is 336. The minimum absolute atomic E-state index is 0.0858. The third-order valence-electron chi connectivity index (χ3n) is 3.69. The summed E-state index contributed by atoms with van der Waals surface area (Å²) in [5, 5.41) is 9.01. The number of hydrogen-bond acceptors (Lipinski definition) is 3. The van der Waals surface area contributed by atoms with E-state index in [4.69, 9.17) is 5.11 Å². The van der Waals surface area contributed by atoms with Crippen molar-refractivity contribution in [2.75, 3.05) is 13.6 Å². The lowest BCUT2D eigenvalue weighted by molar-refractivity contribution is -0.146. The topological polar surface area (TPSA) is 60.9 Å². The molecule has 2 unspecified atom stereocenters. The van der Waals surface area contributed by atoms with Crippen molar-refractivity contribution in [3.63, 3.8) is 0 Å². The van der Waals surface area contributed by atoms with E-state index in [1.54, 1.807) is 11.9 Å². The average Bonchev–Trinajstić information content (AvgIpc) is 2.31. The van der Waals surface area contributed by atoms with Gasteiger partial charge in [-0.05, 0) is 34.1 Å². The van der Waals surface area contributed by atoms with Crippen LogP contribution in [0.25, 0.3) is 0 Å². The Hall–Kier alpha value is -1.10. The van der Waals surface area contributed by atoms with E-state index in [0.29, 0.717) is 0 Å². The van der Waals surface area contributed by atoms with Crippen molar-refractivity contribution in [3.05, 3.63) is 0 Å². The van der Waals surface area contributed by atoms with E-state index in [0.717, 1.165) is 13.0 Å². The van der Waals surface area contributed by atoms with Gasteiger partial charge >= 0.3 is 5.97 Å². The molecule has 0 bridgehead atoms. The van der Waals surface area contributed by atoms with Crippen molar-refractivity contribution in [2.45, 2.75) is 58.2 Å². The number of rotatable bonds is 2. The number of carbonyl (C=O) groups is 2. The maximum absolute atomic E-state index is 12.4. The van der Waals surface area contributed by atoms with Crippen molar-refractivity contribution in [3.8, 4) is 0 Å². The van der Waals surface area contributed by atoms with Crippen LogP contribution >= 0.6 is 0 Å². The van der Waals surface area contributed by atoms with Gasteiger partial charge in [0.15, 0.2) is 0 Å². The molecule has 1 heterocycles. The van der Waals surface area contributed by atoms with Crippen LogP contribution in [0, 0.1) is 0 Å². The second-order valence-electron chi connectivity index (χ2n) is 6.06. The smallest absolute Gasteiger partial charge is 0.305 e. The Balaban J connectivity index is 3.06. The Morgan fingerprint density at radius 1 is 1.44 bits per heavy atom. The van der Waals surface area contributed by atoms with Crippen molar-refractivity contribution < 1.29 is 14.7 Å². The molecule has 1 N–H and O–H groups in total. The molecule has 0 aromatic heterocycles. The van der Waals surface area contributed by atoms with Crippen LogP contribution in [0.15, 0.2) is 0 Å². The van der Waals surface area contributed by atoms with Gasteiger partial charge in [0.05, 0.1) is 6.42 Å². The molecule has 104 valence electrons. The lowest BCUT2D eigenvalue weighted by Crippen LogP contribution is -2.53. The Morgan fingerprint density at radius 2 is 2.00 bits per heavy atom. The standard InChI is InChI=1S/C13H24N2O3/c1-9-6-7-15(13(2,3)4)10(8-11(16)17)12(18)14(9)5/h9-10H,6-8H2,1-5H3,(H,16,17). The highest BCUT2D eigenvalue weighted by Crippen LogP contribution is 2.25. The Labute approximate surface area is 109 Å². The van der Waals surface area contributed by atoms with Crippen LogP contribution in [0.2, 0.25) is 0 Å². The van der Waals surface area contributed by atoms with Crippen LogP contribution in [0.4, 0.5) is 0 Å². The predicted molar refractivity (Wildman–Crippen MR) is 69.3 cm³/mol. The number of carboxylic acid groups (broad SMARTS) is 1. The summed E-state index contributed by atoms with van der Waals surface area (Å²) in [6, 6.07) is -0.404. The summed E-state index contributed by atoms with van der Waals surface area (Å²) in [5.41, 5.74) is -0.208. The predicted octanol–water partition coefficient (Wildman–Crippen LogP) is 1.18. The Kier molecular flexibility index (Phi) is 4.37. The fourth-order valence-electron chi connectivity index (χ4n) is 2.43. The molecular weight excluding hydrogens is 232 g/mol. The first-order chi connectivity index (χ1) is 8.14. The van der Waals surface area contributed by atoms with Crippen molar-refractivity contribution in [1.82, 2.24) is 9.80 Å². The fraction of sp³-hybridized carbons (Fsp3) is 0.846. The number of carbonyl (C=O) groups excluding carboxylic acids is 1. The van der Waals surface area contributed by atoms with Gasteiger partial charge in [0.2, 0.25) is 5.91 Å². The molecule has 1 saturated heterocycles. The first-order valence-electron chi connectivity index (χ1n) is 6.39. The molecule has 0 radical (unpaired) electrons. The van der Waals surface area contributed by atoms with E-state index in [2.05, 4.69) is 0 Å². The van der Waals surface area contributed by atoms with Gasteiger partial charge in [-0.15, -0.1) is 0 Å². The Morgan fingerprint density at radius 3 is 2.44 bits per heavy atom. The van der Waals surface area contributed by atoms with Crippen LogP contribution in [0.3, 0.4) is 0 Å². The second-order valence-corrected chi connectivity index (χ2v) is 6.06. The number of amides is 1.